The molecule has 16 heavy (non-hydrogen) atoms. The summed E-state index contributed by atoms with van der Waals surface area (Å²) in [7, 11) is 0. The molecule has 0 saturated carbocycles. The molecule has 1 saturated heterocycles. The predicted octanol–water partition coefficient (Wildman–Crippen LogP) is 0.965. The summed E-state index contributed by atoms with van der Waals surface area (Å²) < 4.78 is 0. The average Bonchev–Trinajstić information content (AvgIpc) is 2.63. The van der Waals surface area contributed by atoms with Gasteiger partial charge in [0, 0.05) is 11.9 Å². The van der Waals surface area contributed by atoms with E-state index in [1.807, 2.05) is 0 Å². The van der Waals surface area contributed by atoms with Crippen LogP contribution in [0.2, 0.25) is 0 Å². The molecule has 1 aliphatic rings. The van der Waals surface area contributed by atoms with Gasteiger partial charge in [0.05, 0.1) is 0 Å². The number of nitrogens with one attached hydrogen (secondary N) is 1. The second-order valence-corrected chi connectivity index (χ2v) is 4.97. The molecule has 86 valence electrons. The van der Waals surface area contributed by atoms with E-state index in [0.717, 1.165) is 0 Å². The van der Waals surface area contributed by atoms with Crippen molar-refractivity contribution >= 4 is 17.7 Å². The van der Waals surface area contributed by atoms with Crippen LogP contribution in [0, 0.1) is 0 Å². The number of rotatable bonds is 2. The van der Waals surface area contributed by atoms with Gasteiger partial charge in [-0.05, 0) is 19.1 Å². The number of aliphatic carboxylic acids is 1. The van der Waals surface area contributed by atoms with Crippen molar-refractivity contribution < 1.29 is 15.0 Å². The van der Waals surface area contributed by atoms with Gasteiger partial charge in [-0.15, -0.1) is 11.8 Å². The third-order valence-electron chi connectivity index (χ3n) is 2.52. The van der Waals surface area contributed by atoms with Crippen LogP contribution in [0.25, 0.3) is 0 Å². The Hall–Kier alpha value is -1.27. The minimum atomic E-state index is -0.959. The molecular weight excluding hydrogens is 228 g/mol. The molecular formula is C10H12N2O3S. The van der Waals surface area contributed by atoms with Crippen molar-refractivity contribution in [2.24, 2.45) is 0 Å². The average molecular weight is 240 g/mol. The zero-order chi connectivity index (χ0) is 11.8. The first-order chi connectivity index (χ1) is 7.53. The Kier molecular flexibility index (Phi) is 2.77. The van der Waals surface area contributed by atoms with Gasteiger partial charge in [0.25, 0.3) is 0 Å². The van der Waals surface area contributed by atoms with Crippen LogP contribution in [0.4, 0.5) is 0 Å². The summed E-state index contributed by atoms with van der Waals surface area (Å²) in [5.41, 5.74) is -0.475. The number of thioether (sulfide) groups is 1. The van der Waals surface area contributed by atoms with Crippen LogP contribution in [-0.4, -0.2) is 32.5 Å². The van der Waals surface area contributed by atoms with Gasteiger partial charge < -0.3 is 10.2 Å². The topological polar surface area (TPSA) is 82.5 Å². The van der Waals surface area contributed by atoms with E-state index in [1.54, 1.807) is 25.3 Å². The first-order valence-corrected chi connectivity index (χ1v) is 5.84. The maximum Gasteiger partial charge on any atom is 0.324 e. The smallest absolute Gasteiger partial charge is 0.324 e. The molecule has 0 aliphatic carbocycles. The van der Waals surface area contributed by atoms with Gasteiger partial charge in [0.2, 0.25) is 0 Å². The van der Waals surface area contributed by atoms with Crippen LogP contribution in [0.1, 0.15) is 18.0 Å². The summed E-state index contributed by atoms with van der Waals surface area (Å²) in [6.07, 6.45) is 1.58. The lowest BCUT2D eigenvalue weighted by Crippen LogP contribution is -2.47. The molecule has 3 N–H and O–H groups in total. The molecule has 2 unspecified atom stereocenters. The van der Waals surface area contributed by atoms with Gasteiger partial charge in [0.1, 0.15) is 22.4 Å². The molecule has 6 heteroatoms. The maximum atomic E-state index is 11.0. The van der Waals surface area contributed by atoms with Crippen molar-refractivity contribution in [1.82, 2.24) is 10.3 Å². The van der Waals surface area contributed by atoms with Crippen molar-refractivity contribution in [3.8, 4) is 5.75 Å². The first kappa shape index (κ1) is 11.2. The van der Waals surface area contributed by atoms with Crippen LogP contribution in [0.5, 0.6) is 5.75 Å². The van der Waals surface area contributed by atoms with Crippen molar-refractivity contribution in [2.45, 2.75) is 17.8 Å². The van der Waals surface area contributed by atoms with Crippen LogP contribution in [-0.2, 0) is 4.79 Å². The Morgan fingerprint density at radius 2 is 2.50 bits per heavy atom. The largest absolute Gasteiger partial charge is 0.506 e. The fraction of sp³-hybridized carbons (Fsp3) is 0.400. The molecule has 2 rings (SSSR count). The van der Waals surface area contributed by atoms with Gasteiger partial charge in [-0.3, -0.25) is 15.1 Å². The Morgan fingerprint density at radius 3 is 3.06 bits per heavy atom. The fourth-order valence-electron chi connectivity index (χ4n) is 1.50. The molecule has 5 nitrogen and oxygen atoms in total. The highest BCUT2D eigenvalue weighted by Gasteiger charge is 2.42. The fourth-order valence-corrected chi connectivity index (χ4v) is 2.89. The highest BCUT2D eigenvalue weighted by atomic mass is 32.2. The number of pyridine rings is 1. The number of carboxylic acid groups (broad SMARTS) is 1. The minimum absolute atomic E-state index is 0.0853. The highest BCUT2D eigenvalue weighted by Crippen LogP contribution is 2.39. The zero-order valence-electron chi connectivity index (χ0n) is 8.67. The molecule has 1 aromatic rings. The van der Waals surface area contributed by atoms with Crippen molar-refractivity contribution in [3.63, 3.8) is 0 Å². The number of hydrogen-bond acceptors (Lipinski definition) is 5. The highest BCUT2D eigenvalue weighted by molar-refractivity contribution is 7.99. The Morgan fingerprint density at radius 1 is 1.75 bits per heavy atom. The summed E-state index contributed by atoms with van der Waals surface area (Å²) >= 11 is 1.43. The van der Waals surface area contributed by atoms with E-state index in [4.69, 9.17) is 5.11 Å². The minimum Gasteiger partial charge on any atom is -0.506 e. The second kappa shape index (κ2) is 3.95. The first-order valence-electron chi connectivity index (χ1n) is 4.79. The van der Waals surface area contributed by atoms with Crippen LogP contribution in [0.15, 0.2) is 18.3 Å². The molecule has 0 radical (unpaired) electrons. The van der Waals surface area contributed by atoms with E-state index in [0.29, 0.717) is 11.4 Å². The zero-order valence-corrected chi connectivity index (χ0v) is 9.49. The lowest BCUT2D eigenvalue weighted by Gasteiger charge is -2.19. The Balaban J connectivity index is 2.22. The van der Waals surface area contributed by atoms with Crippen LogP contribution < -0.4 is 5.32 Å². The van der Waals surface area contributed by atoms with Gasteiger partial charge in [0.15, 0.2) is 0 Å². The van der Waals surface area contributed by atoms with Crippen LogP contribution >= 0.6 is 11.8 Å². The predicted molar refractivity (Wildman–Crippen MR) is 60.3 cm³/mol. The number of carbonyl (C=O) groups is 1. The molecule has 1 aromatic heterocycles. The molecule has 0 amide bonds. The van der Waals surface area contributed by atoms with Gasteiger partial charge in [-0.25, -0.2) is 0 Å². The molecule has 2 heterocycles. The maximum absolute atomic E-state index is 11.0. The second-order valence-electron chi connectivity index (χ2n) is 3.88. The van der Waals surface area contributed by atoms with Crippen molar-refractivity contribution in [2.75, 3.05) is 5.75 Å². The molecule has 1 fully saturated rings. The lowest BCUT2D eigenvalue weighted by atomic mass is 10.1. The van der Waals surface area contributed by atoms with Crippen molar-refractivity contribution in [3.05, 3.63) is 24.0 Å². The molecule has 0 aromatic carbocycles. The number of nitrogens with zero attached hydrogens (tertiary/aromatic N) is 1. The number of aromatic nitrogens is 1. The van der Waals surface area contributed by atoms with Crippen molar-refractivity contribution in [1.29, 1.82) is 0 Å². The van der Waals surface area contributed by atoms with E-state index in [1.165, 1.54) is 11.8 Å². The standard InChI is InChI=1S/C10H12N2O3S/c1-10(9(14)15)5-16-8(12-10)7-6(13)3-2-4-11-7/h2-4,8,12-13H,5H2,1H3,(H,14,15). The third-order valence-corrected chi connectivity index (χ3v) is 3.94. The normalized spacial score (nSPS) is 29.2. The summed E-state index contributed by atoms with van der Waals surface area (Å²) in [5.74, 6) is -0.358. The molecule has 2 atom stereocenters. The summed E-state index contributed by atoms with van der Waals surface area (Å²) in [5, 5.41) is 21.4. The molecule has 0 bridgehead atoms. The van der Waals surface area contributed by atoms with E-state index in [9.17, 15) is 9.90 Å². The lowest BCUT2D eigenvalue weighted by molar-refractivity contribution is -0.142. The monoisotopic (exact) mass is 240 g/mol. The number of aromatic hydroxyl groups is 1. The van der Waals surface area contributed by atoms with Gasteiger partial charge in [-0.1, -0.05) is 0 Å². The number of carboxylic acids is 1. The van der Waals surface area contributed by atoms with Gasteiger partial charge in [-0.2, -0.15) is 0 Å². The molecule has 0 spiro atoms. The van der Waals surface area contributed by atoms with E-state index in [-0.39, 0.29) is 11.1 Å². The molecule has 1 aliphatic heterocycles. The van der Waals surface area contributed by atoms with Gasteiger partial charge >= 0.3 is 5.97 Å². The third kappa shape index (κ3) is 1.85. The summed E-state index contributed by atoms with van der Waals surface area (Å²) in [4.78, 5) is 15.1. The Labute approximate surface area is 96.9 Å². The van der Waals surface area contributed by atoms with E-state index >= 15 is 0 Å². The number of hydrogen-bond donors (Lipinski definition) is 3. The van der Waals surface area contributed by atoms with E-state index in [2.05, 4.69) is 10.3 Å². The SMILES string of the molecule is CC1(C(=O)O)CSC(c2ncccc2O)N1. The quantitative estimate of drug-likeness (QED) is 0.714. The van der Waals surface area contributed by atoms with Crippen LogP contribution in [0.3, 0.4) is 0 Å². The van der Waals surface area contributed by atoms with E-state index < -0.39 is 11.5 Å². The summed E-state index contributed by atoms with van der Waals surface area (Å²) in [6.45, 7) is 1.63. The Bertz CT molecular complexity index is 426. The summed E-state index contributed by atoms with van der Waals surface area (Å²) in [6, 6.07) is 3.18.